The number of nitrogens with one attached hydrogen (secondary N) is 1. The number of aryl methyl sites for hydroxylation is 1. The Balaban J connectivity index is 1.55. The molecule has 0 aliphatic carbocycles. The van der Waals surface area contributed by atoms with Crippen molar-refractivity contribution in [2.24, 2.45) is 0 Å². The fourth-order valence-corrected chi connectivity index (χ4v) is 3.20. The van der Waals surface area contributed by atoms with Crippen LogP contribution in [0.4, 0.5) is 5.95 Å². The zero-order chi connectivity index (χ0) is 17.1. The Morgan fingerprint density at radius 1 is 1.16 bits per heavy atom. The van der Waals surface area contributed by atoms with Gasteiger partial charge >= 0.3 is 0 Å². The van der Waals surface area contributed by atoms with Gasteiger partial charge in [-0.25, -0.2) is 14.6 Å². The van der Waals surface area contributed by atoms with Crippen LogP contribution in [0.3, 0.4) is 0 Å². The molecule has 0 aliphatic heterocycles. The normalized spacial score (nSPS) is 10.8. The van der Waals surface area contributed by atoms with E-state index in [1.54, 1.807) is 17.5 Å². The monoisotopic (exact) mass is 347 g/mol. The fourth-order valence-electron chi connectivity index (χ4n) is 2.55. The van der Waals surface area contributed by atoms with E-state index >= 15 is 0 Å². The molecule has 0 unspecified atom stereocenters. The van der Waals surface area contributed by atoms with E-state index in [1.165, 1.54) is 10.4 Å². The molecule has 1 N–H and O–H groups in total. The molecule has 6 heteroatoms. The number of aromatic nitrogens is 4. The van der Waals surface area contributed by atoms with Crippen LogP contribution in [0.25, 0.3) is 16.9 Å². The zero-order valence-electron chi connectivity index (χ0n) is 13.8. The van der Waals surface area contributed by atoms with E-state index in [-0.39, 0.29) is 0 Å². The molecule has 5 nitrogen and oxygen atoms in total. The Bertz CT molecular complexity index is 975. The third-order valence-corrected chi connectivity index (χ3v) is 4.68. The van der Waals surface area contributed by atoms with E-state index in [0.717, 1.165) is 23.5 Å². The molecule has 1 aromatic carbocycles. The van der Waals surface area contributed by atoms with Crippen molar-refractivity contribution in [3.8, 4) is 16.9 Å². The van der Waals surface area contributed by atoms with Crippen molar-refractivity contribution >= 4 is 17.3 Å². The van der Waals surface area contributed by atoms with Crippen LogP contribution in [0.2, 0.25) is 0 Å². The van der Waals surface area contributed by atoms with Crippen molar-refractivity contribution in [3.63, 3.8) is 0 Å². The average Bonchev–Trinajstić information content (AvgIpc) is 3.32. The largest absolute Gasteiger partial charge is 0.349 e. The maximum Gasteiger partial charge on any atom is 0.223 e. The third-order valence-electron chi connectivity index (χ3n) is 3.80. The summed E-state index contributed by atoms with van der Waals surface area (Å²) in [6, 6.07) is 14.3. The molecule has 0 saturated heterocycles. The predicted octanol–water partition coefficient (Wildman–Crippen LogP) is 4.31. The van der Waals surface area contributed by atoms with Crippen molar-refractivity contribution in [1.82, 2.24) is 19.7 Å². The van der Waals surface area contributed by atoms with Gasteiger partial charge < -0.3 is 5.32 Å². The molecule has 0 fully saturated rings. The Hall–Kier alpha value is -2.99. The molecular formula is C19H17N5S. The molecule has 0 radical (unpaired) electrons. The number of thiophene rings is 1. The van der Waals surface area contributed by atoms with Gasteiger partial charge in [-0.15, -0.1) is 11.3 Å². The highest BCUT2D eigenvalue weighted by molar-refractivity contribution is 7.09. The molecule has 0 amide bonds. The Labute approximate surface area is 150 Å². The van der Waals surface area contributed by atoms with Gasteiger partial charge in [-0.1, -0.05) is 18.2 Å². The van der Waals surface area contributed by atoms with Gasteiger partial charge in [0.25, 0.3) is 0 Å². The van der Waals surface area contributed by atoms with Gasteiger partial charge in [0.2, 0.25) is 5.95 Å². The van der Waals surface area contributed by atoms with E-state index in [4.69, 9.17) is 0 Å². The minimum absolute atomic E-state index is 0.620. The summed E-state index contributed by atoms with van der Waals surface area (Å²) in [5.74, 6) is 0.620. The van der Waals surface area contributed by atoms with Crippen LogP contribution < -0.4 is 5.32 Å². The molecule has 4 rings (SSSR count). The highest BCUT2D eigenvalue weighted by Crippen LogP contribution is 2.19. The summed E-state index contributed by atoms with van der Waals surface area (Å²) in [7, 11) is 0. The molecule has 0 atom stereocenters. The van der Waals surface area contributed by atoms with Crippen molar-refractivity contribution in [1.29, 1.82) is 0 Å². The first kappa shape index (κ1) is 15.5. The van der Waals surface area contributed by atoms with E-state index < -0.39 is 0 Å². The Kier molecular flexibility index (Phi) is 4.26. The lowest BCUT2D eigenvalue weighted by Crippen LogP contribution is -2.02. The lowest BCUT2D eigenvalue weighted by Gasteiger charge is -2.04. The second kappa shape index (κ2) is 6.86. The lowest BCUT2D eigenvalue weighted by atomic mass is 10.2. The molecule has 4 aromatic rings. The van der Waals surface area contributed by atoms with Crippen LogP contribution in [-0.2, 0) is 6.54 Å². The van der Waals surface area contributed by atoms with Crippen LogP contribution in [0.5, 0.6) is 0 Å². The summed E-state index contributed by atoms with van der Waals surface area (Å²) in [4.78, 5) is 10.1. The molecule has 3 aromatic heterocycles. The number of nitrogens with zero attached hydrogens (tertiary/aromatic N) is 4. The molecule has 0 bridgehead atoms. The highest BCUT2D eigenvalue weighted by atomic mass is 32.1. The van der Waals surface area contributed by atoms with Crippen LogP contribution in [0.15, 0.2) is 66.4 Å². The van der Waals surface area contributed by atoms with Gasteiger partial charge in [0.1, 0.15) is 0 Å². The van der Waals surface area contributed by atoms with Crippen LogP contribution in [0.1, 0.15) is 10.4 Å². The minimum atomic E-state index is 0.620. The molecule has 25 heavy (non-hydrogen) atoms. The van der Waals surface area contributed by atoms with Gasteiger partial charge in [-0.05, 0) is 42.1 Å². The van der Waals surface area contributed by atoms with Crippen molar-refractivity contribution in [2.75, 3.05) is 5.32 Å². The van der Waals surface area contributed by atoms with E-state index in [2.05, 4.69) is 50.9 Å². The van der Waals surface area contributed by atoms with Crippen LogP contribution in [0, 0.1) is 6.92 Å². The summed E-state index contributed by atoms with van der Waals surface area (Å²) in [6.07, 6.45) is 5.58. The molecule has 3 heterocycles. The predicted molar refractivity (Wildman–Crippen MR) is 101 cm³/mol. The van der Waals surface area contributed by atoms with Gasteiger partial charge in [0.05, 0.1) is 24.1 Å². The van der Waals surface area contributed by atoms with Gasteiger partial charge in [-0.2, -0.15) is 5.10 Å². The van der Waals surface area contributed by atoms with Crippen molar-refractivity contribution < 1.29 is 0 Å². The molecule has 0 saturated carbocycles. The summed E-state index contributed by atoms with van der Waals surface area (Å²) >= 11 is 1.71. The average molecular weight is 347 g/mol. The molecular weight excluding hydrogens is 330 g/mol. The first-order valence-electron chi connectivity index (χ1n) is 7.99. The molecule has 0 aliphatic rings. The summed E-state index contributed by atoms with van der Waals surface area (Å²) in [6.45, 7) is 2.80. The molecule has 0 spiro atoms. The number of benzene rings is 1. The number of rotatable bonds is 5. The van der Waals surface area contributed by atoms with E-state index in [1.807, 2.05) is 41.3 Å². The Morgan fingerprint density at radius 3 is 2.96 bits per heavy atom. The first-order valence-corrected chi connectivity index (χ1v) is 8.87. The fraction of sp³-hybridized carbons (Fsp3) is 0.105. The van der Waals surface area contributed by atoms with Gasteiger partial charge in [0, 0.05) is 22.8 Å². The number of hydrogen-bond donors (Lipinski definition) is 1. The second-order valence-corrected chi connectivity index (χ2v) is 6.74. The van der Waals surface area contributed by atoms with E-state index in [9.17, 15) is 0 Å². The maximum absolute atomic E-state index is 4.60. The van der Waals surface area contributed by atoms with Crippen LogP contribution >= 0.6 is 11.3 Å². The van der Waals surface area contributed by atoms with Crippen molar-refractivity contribution in [3.05, 3.63) is 76.9 Å². The smallest absolute Gasteiger partial charge is 0.223 e. The summed E-state index contributed by atoms with van der Waals surface area (Å²) in [5, 5.41) is 9.79. The maximum atomic E-state index is 4.60. The second-order valence-electron chi connectivity index (χ2n) is 5.71. The number of hydrogen-bond acceptors (Lipinski definition) is 5. The summed E-state index contributed by atoms with van der Waals surface area (Å²) in [5.41, 5.74) is 4.05. The lowest BCUT2D eigenvalue weighted by molar-refractivity contribution is 0.879. The van der Waals surface area contributed by atoms with Gasteiger partial charge in [0.15, 0.2) is 0 Å². The van der Waals surface area contributed by atoms with E-state index in [0.29, 0.717) is 5.95 Å². The number of anilines is 1. The van der Waals surface area contributed by atoms with Crippen molar-refractivity contribution in [2.45, 2.75) is 13.5 Å². The van der Waals surface area contributed by atoms with Crippen LogP contribution in [-0.4, -0.2) is 19.7 Å². The SMILES string of the molecule is Cc1cccc(-n2cc(-c3ccnc(NCc4cccs4)n3)cn2)c1. The molecule has 124 valence electrons. The summed E-state index contributed by atoms with van der Waals surface area (Å²) < 4.78 is 1.86. The highest BCUT2D eigenvalue weighted by Gasteiger charge is 2.07. The minimum Gasteiger partial charge on any atom is -0.349 e. The standard InChI is InChI=1S/C19H17N5S/c1-14-4-2-5-16(10-14)24-13-15(11-22-24)18-7-8-20-19(23-18)21-12-17-6-3-9-25-17/h2-11,13H,12H2,1H3,(H,20,21,23). The zero-order valence-corrected chi connectivity index (χ0v) is 14.6. The Morgan fingerprint density at radius 2 is 2.12 bits per heavy atom. The quantitative estimate of drug-likeness (QED) is 0.584. The topological polar surface area (TPSA) is 55.6 Å². The third kappa shape index (κ3) is 3.59. The van der Waals surface area contributed by atoms with Gasteiger partial charge in [-0.3, -0.25) is 0 Å². The first-order chi connectivity index (χ1) is 12.3.